The van der Waals surface area contributed by atoms with Crippen molar-refractivity contribution in [3.8, 4) is 5.75 Å². The number of ether oxygens (including phenoxy) is 1. The van der Waals surface area contributed by atoms with Crippen LogP contribution in [0.2, 0.25) is 5.02 Å². The van der Waals surface area contributed by atoms with Crippen LogP contribution >= 0.6 is 11.6 Å². The monoisotopic (exact) mass is 318 g/mol. The van der Waals surface area contributed by atoms with Crippen LogP contribution in [0.15, 0.2) is 12.1 Å². The molecule has 2 rings (SSSR count). The van der Waals surface area contributed by atoms with Gasteiger partial charge in [-0.2, -0.15) is 0 Å². The molecule has 8 heteroatoms. The summed E-state index contributed by atoms with van der Waals surface area (Å²) in [4.78, 5) is 13.4. The molecule has 1 saturated heterocycles. The number of sulfonamides is 1. The van der Waals surface area contributed by atoms with Crippen molar-refractivity contribution in [3.63, 3.8) is 0 Å². The zero-order valence-corrected chi connectivity index (χ0v) is 12.7. The molecule has 1 aliphatic heterocycles. The van der Waals surface area contributed by atoms with Gasteiger partial charge < -0.3 is 9.64 Å². The Kier molecular flexibility index (Phi) is 3.95. The van der Waals surface area contributed by atoms with E-state index in [0.29, 0.717) is 16.5 Å². The minimum atomic E-state index is -3.74. The van der Waals surface area contributed by atoms with Crippen LogP contribution in [-0.2, 0) is 14.8 Å². The number of rotatable bonds is 3. The van der Waals surface area contributed by atoms with E-state index in [9.17, 15) is 13.2 Å². The van der Waals surface area contributed by atoms with E-state index in [4.69, 9.17) is 21.5 Å². The number of nitrogens with two attached hydrogens (primary N) is 1. The number of hydrogen-bond acceptors (Lipinski definition) is 4. The van der Waals surface area contributed by atoms with Gasteiger partial charge >= 0.3 is 0 Å². The second-order valence-corrected chi connectivity index (χ2v) is 6.94. The molecule has 0 saturated carbocycles. The third-order valence-corrected chi connectivity index (χ3v) is 4.96. The van der Waals surface area contributed by atoms with E-state index in [2.05, 4.69) is 0 Å². The maximum atomic E-state index is 12.0. The summed E-state index contributed by atoms with van der Waals surface area (Å²) in [6.07, 6.45) is -0.121. The van der Waals surface area contributed by atoms with E-state index in [1.165, 1.54) is 12.0 Å². The fourth-order valence-electron chi connectivity index (χ4n) is 2.15. The van der Waals surface area contributed by atoms with Gasteiger partial charge in [0.1, 0.15) is 11.0 Å². The first-order chi connectivity index (χ1) is 9.24. The van der Waals surface area contributed by atoms with Gasteiger partial charge in [-0.15, -0.1) is 0 Å². The van der Waals surface area contributed by atoms with Gasteiger partial charge in [-0.1, -0.05) is 11.6 Å². The number of amides is 1. The van der Waals surface area contributed by atoms with E-state index < -0.39 is 15.3 Å². The summed E-state index contributed by atoms with van der Waals surface area (Å²) < 4.78 is 28.0. The quantitative estimate of drug-likeness (QED) is 0.902. The van der Waals surface area contributed by atoms with Gasteiger partial charge in [-0.3, -0.25) is 4.79 Å². The number of carbonyl (C=O) groups is 1. The summed E-state index contributed by atoms with van der Waals surface area (Å²) in [6, 6.07) is 3.30. The van der Waals surface area contributed by atoms with Crippen LogP contribution in [0.3, 0.4) is 0 Å². The van der Waals surface area contributed by atoms with Crippen molar-refractivity contribution in [2.75, 3.05) is 18.6 Å². The predicted molar refractivity (Wildman–Crippen MR) is 76.6 cm³/mol. The van der Waals surface area contributed by atoms with Crippen molar-refractivity contribution in [2.24, 2.45) is 5.14 Å². The van der Waals surface area contributed by atoms with Gasteiger partial charge in [0.05, 0.1) is 12.8 Å². The highest BCUT2D eigenvalue weighted by atomic mass is 35.5. The molecule has 6 nitrogen and oxygen atoms in total. The van der Waals surface area contributed by atoms with E-state index in [0.717, 1.165) is 5.56 Å². The number of halogens is 1. The van der Waals surface area contributed by atoms with Gasteiger partial charge in [0.2, 0.25) is 15.9 Å². The van der Waals surface area contributed by atoms with Crippen LogP contribution in [0.5, 0.6) is 5.75 Å². The fourth-order valence-corrected chi connectivity index (χ4v) is 3.04. The van der Waals surface area contributed by atoms with Gasteiger partial charge in [0.25, 0.3) is 0 Å². The largest absolute Gasteiger partial charge is 0.495 e. The fraction of sp³-hybridized carbons (Fsp3) is 0.417. The lowest BCUT2D eigenvalue weighted by molar-refractivity contribution is -0.117. The molecule has 1 aromatic carbocycles. The van der Waals surface area contributed by atoms with Crippen LogP contribution in [0.4, 0.5) is 5.69 Å². The first kappa shape index (κ1) is 15.1. The van der Waals surface area contributed by atoms with Crippen molar-refractivity contribution < 1.29 is 17.9 Å². The number of benzene rings is 1. The predicted octanol–water partition coefficient (Wildman–Crippen LogP) is 1.05. The molecule has 0 bridgehead atoms. The zero-order valence-electron chi connectivity index (χ0n) is 11.1. The summed E-state index contributed by atoms with van der Waals surface area (Å²) in [6.45, 7) is 1.82. The normalized spacial score (nSPS) is 19.5. The Morgan fingerprint density at radius 3 is 2.60 bits per heavy atom. The Bertz CT molecular complexity index is 660. The molecule has 110 valence electrons. The maximum Gasteiger partial charge on any atom is 0.228 e. The van der Waals surface area contributed by atoms with Crippen molar-refractivity contribution in [2.45, 2.75) is 18.6 Å². The van der Waals surface area contributed by atoms with Crippen molar-refractivity contribution in [1.82, 2.24) is 0 Å². The Balaban J connectivity index is 2.42. The third-order valence-electron chi connectivity index (χ3n) is 3.31. The first-order valence-corrected chi connectivity index (χ1v) is 7.89. The molecular formula is C12H15ClN2O4S. The second kappa shape index (κ2) is 5.23. The molecular weight excluding hydrogens is 304 g/mol. The molecule has 2 N–H and O–H groups in total. The summed E-state index contributed by atoms with van der Waals surface area (Å²) in [5.41, 5.74) is 1.28. The summed E-state index contributed by atoms with van der Waals surface area (Å²) in [7, 11) is -2.28. The number of carbonyl (C=O) groups excluding carboxylic acids is 1. The molecule has 1 atom stereocenters. The maximum absolute atomic E-state index is 12.0. The molecule has 0 aliphatic carbocycles. The molecule has 20 heavy (non-hydrogen) atoms. The van der Waals surface area contributed by atoms with Crippen LogP contribution in [0, 0.1) is 6.92 Å². The Labute approximate surface area is 122 Å². The van der Waals surface area contributed by atoms with Crippen LogP contribution in [0.1, 0.15) is 12.0 Å². The molecule has 1 aromatic rings. The molecule has 1 fully saturated rings. The SMILES string of the molecule is COc1cc(Cl)c(C)cc1N1CC(S(N)(=O)=O)CC1=O. The summed E-state index contributed by atoms with van der Waals surface area (Å²) in [5, 5.41) is 4.73. The standard InChI is InChI=1S/C12H15ClN2O4S/c1-7-3-10(11(19-2)5-9(7)13)15-6-8(4-12(15)16)20(14,17)18/h3,5,8H,4,6H2,1-2H3,(H2,14,17,18). The lowest BCUT2D eigenvalue weighted by atomic mass is 10.2. The third kappa shape index (κ3) is 2.74. The average molecular weight is 319 g/mol. The highest BCUT2D eigenvalue weighted by molar-refractivity contribution is 7.89. The van der Waals surface area contributed by atoms with Gasteiger partial charge in [0.15, 0.2) is 0 Å². The number of nitrogens with zero attached hydrogens (tertiary/aromatic N) is 1. The molecule has 0 radical (unpaired) electrons. The Morgan fingerprint density at radius 2 is 2.10 bits per heavy atom. The van der Waals surface area contributed by atoms with Gasteiger partial charge in [0, 0.05) is 24.1 Å². The minimum absolute atomic E-state index is 0.0229. The second-order valence-electron chi connectivity index (χ2n) is 4.69. The smallest absolute Gasteiger partial charge is 0.228 e. The highest BCUT2D eigenvalue weighted by Gasteiger charge is 2.38. The van der Waals surface area contributed by atoms with E-state index in [1.54, 1.807) is 19.1 Å². The first-order valence-electron chi connectivity index (χ1n) is 5.90. The molecule has 1 amide bonds. The van der Waals surface area contributed by atoms with E-state index in [-0.39, 0.29) is 18.9 Å². The highest BCUT2D eigenvalue weighted by Crippen LogP contribution is 2.36. The lowest BCUT2D eigenvalue weighted by Crippen LogP contribution is -2.32. The van der Waals surface area contributed by atoms with E-state index in [1.807, 2.05) is 0 Å². The van der Waals surface area contributed by atoms with Gasteiger partial charge in [-0.25, -0.2) is 13.6 Å². The molecule has 0 aromatic heterocycles. The molecule has 1 unspecified atom stereocenters. The Hall–Kier alpha value is -1.31. The zero-order chi connectivity index (χ0) is 15.1. The lowest BCUT2D eigenvalue weighted by Gasteiger charge is -2.20. The number of anilines is 1. The molecule has 1 aliphatic rings. The number of aryl methyl sites for hydroxylation is 1. The van der Waals surface area contributed by atoms with E-state index >= 15 is 0 Å². The Morgan fingerprint density at radius 1 is 1.45 bits per heavy atom. The molecule has 0 spiro atoms. The number of hydrogen-bond donors (Lipinski definition) is 1. The number of methoxy groups -OCH3 is 1. The average Bonchev–Trinajstić information content (AvgIpc) is 2.74. The van der Waals surface area contributed by atoms with Gasteiger partial charge in [-0.05, 0) is 18.6 Å². The van der Waals surface area contributed by atoms with Crippen molar-refractivity contribution >= 4 is 33.2 Å². The van der Waals surface area contributed by atoms with Crippen LogP contribution < -0.4 is 14.8 Å². The topological polar surface area (TPSA) is 89.7 Å². The molecule has 1 heterocycles. The summed E-state index contributed by atoms with van der Waals surface area (Å²) >= 11 is 6.01. The number of primary sulfonamides is 1. The van der Waals surface area contributed by atoms with Crippen molar-refractivity contribution in [1.29, 1.82) is 0 Å². The summed E-state index contributed by atoms with van der Waals surface area (Å²) in [5.74, 6) is 0.119. The van der Waals surface area contributed by atoms with Crippen LogP contribution in [0.25, 0.3) is 0 Å². The minimum Gasteiger partial charge on any atom is -0.495 e. The van der Waals surface area contributed by atoms with Crippen LogP contribution in [-0.4, -0.2) is 33.2 Å². The van der Waals surface area contributed by atoms with Crippen molar-refractivity contribution in [3.05, 3.63) is 22.7 Å².